The van der Waals surface area contributed by atoms with E-state index in [0.717, 1.165) is 0 Å². The van der Waals surface area contributed by atoms with Gasteiger partial charge in [0.05, 0.1) is 24.7 Å². The van der Waals surface area contributed by atoms with E-state index in [1.54, 1.807) is 38.1 Å². The number of aryl methyl sites for hydroxylation is 1. The highest BCUT2D eigenvalue weighted by molar-refractivity contribution is 7.91. The third kappa shape index (κ3) is 7.23. The first kappa shape index (κ1) is 37.2. The zero-order chi connectivity index (χ0) is 37.6. The van der Waals surface area contributed by atoms with Crippen LogP contribution in [0.5, 0.6) is 11.6 Å². The lowest BCUT2D eigenvalue weighted by atomic mass is 9.88. The van der Waals surface area contributed by atoms with E-state index in [1.165, 1.54) is 12.0 Å². The van der Waals surface area contributed by atoms with Gasteiger partial charge in [0.2, 0.25) is 27.7 Å². The van der Waals surface area contributed by atoms with Gasteiger partial charge in [0.25, 0.3) is 5.91 Å². The molecule has 0 bridgehead atoms. The van der Waals surface area contributed by atoms with Crippen molar-refractivity contribution in [2.45, 2.75) is 94.2 Å². The van der Waals surface area contributed by atoms with Crippen molar-refractivity contribution in [3.63, 3.8) is 0 Å². The third-order valence-electron chi connectivity index (χ3n) is 10.8. The average molecular weight is 745 g/mol. The molecule has 0 unspecified atom stereocenters. The number of carbonyl (C=O) groups excluding carboxylic acids is 3. The molecule has 1 aromatic carbocycles. The first-order valence-electron chi connectivity index (χ1n) is 17.5. The van der Waals surface area contributed by atoms with Gasteiger partial charge in [0.15, 0.2) is 0 Å². The summed E-state index contributed by atoms with van der Waals surface area (Å²) < 4.78 is 51.9. The number of sulfonamides is 1. The lowest BCUT2D eigenvalue weighted by Crippen LogP contribution is -2.59. The summed E-state index contributed by atoms with van der Waals surface area (Å²) in [6.07, 6.45) is 3.44. The van der Waals surface area contributed by atoms with Crippen molar-refractivity contribution < 1.29 is 46.6 Å². The third-order valence-corrected chi connectivity index (χ3v) is 12.9. The molecule has 0 radical (unpaired) electrons. The Balaban J connectivity index is 1.33. The van der Waals surface area contributed by atoms with Gasteiger partial charge < -0.3 is 30.1 Å². The minimum Gasteiger partial charge on any atom is -0.497 e. The molecule has 2 aliphatic heterocycles. The second-order valence-corrected chi connectivity index (χ2v) is 16.8. The number of rotatable bonds is 8. The summed E-state index contributed by atoms with van der Waals surface area (Å²) in [4.78, 5) is 64.8. The average Bonchev–Trinajstić information content (AvgIpc) is 4.00. The Morgan fingerprint density at radius 2 is 1.90 bits per heavy atom. The van der Waals surface area contributed by atoms with Crippen LogP contribution in [0, 0.1) is 24.7 Å². The summed E-state index contributed by atoms with van der Waals surface area (Å²) in [6, 6.07) is 2.77. The molecule has 4 amide bonds. The van der Waals surface area contributed by atoms with Gasteiger partial charge in [-0.15, -0.1) is 0 Å². The molecule has 282 valence electrons. The molecular formula is C35H45FN6O9S. The van der Waals surface area contributed by atoms with Crippen molar-refractivity contribution in [1.82, 2.24) is 30.2 Å². The van der Waals surface area contributed by atoms with E-state index in [9.17, 15) is 37.1 Å². The molecular weight excluding hydrogens is 699 g/mol. The Morgan fingerprint density at radius 1 is 1.15 bits per heavy atom. The number of benzene rings is 1. The highest BCUT2D eigenvalue weighted by atomic mass is 32.2. The van der Waals surface area contributed by atoms with E-state index in [-0.39, 0.29) is 44.0 Å². The number of halogens is 1. The van der Waals surface area contributed by atoms with Crippen LogP contribution in [0.25, 0.3) is 11.0 Å². The molecule has 6 rings (SSSR count). The van der Waals surface area contributed by atoms with Crippen molar-refractivity contribution in [2.75, 3.05) is 20.3 Å². The van der Waals surface area contributed by atoms with Gasteiger partial charge in [-0.05, 0) is 69.4 Å². The summed E-state index contributed by atoms with van der Waals surface area (Å²) in [6.45, 7) is 4.22. The number of hydrogen-bond acceptors (Lipinski definition) is 10. The maximum Gasteiger partial charge on any atom is 0.405 e. The highest BCUT2D eigenvalue weighted by Crippen LogP contribution is 2.48. The van der Waals surface area contributed by atoms with Gasteiger partial charge in [-0.1, -0.05) is 26.0 Å². The predicted molar refractivity (Wildman–Crippen MR) is 186 cm³/mol. The molecule has 4 N–H and O–H groups in total. The molecule has 1 saturated heterocycles. The number of ether oxygens (including phenoxy) is 2. The zero-order valence-corrected chi connectivity index (χ0v) is 30.4. The van der Waals surface area contributed by atoms with Gasteiger partial charge in [-0.2, -0.15) is 0 Å². The van der Waals surface area contributed by atoms with Crippen LogP contribution in [-0.2, 0) is 24.4 Å². The van der Waals surface area contributed by atoms with Crippen molar-refractivity contribution in [1.29, 1.82) is 0 Å². The number of allylic oxidation sites excluding steroid dienone is 1. The van der Waals surface area contributed by atoms with E-state index >= 15 is 0 Å². The van der Waals surface area contributed by atoms with Crippen LogP contribution in [0.3, 0.4) is 0 Å². The second kappa shape index (κ2) is 14.1. The topological polar surface area (TPSA) is 206 Å². The minimum absolute atomic E-state index is 0.0547. The first-order valence-corrected chi connectivity index (χ1v) is 19.0. The number of fused-ring (bicyclic) bond motifs is 3. The molecule has 3 heterocycles. The molecule has 52 heavy (non-hydrogen) atoms. The van der Waals surface area contributed by atoms with Gasteiger partial charge in [-0.25, -0.2) is 27.6 Å². The number of carbonyl (C=O) groups is 4. The van der Waals surface area contributed by atoms with E-state index in [2.05, 4.69) is 20.6 Å². The van der Waals surface area contributed by atoms with Crippen LogP contribution in [0.4, 0.5) is 9.18 Å². The summed E-state index contributed by atoms with van der Waals surface area (Å²) in [7, 11) is -2.86. The molecule has 1 aromatic heterocycles. The molecule has 2 aliphatic carbocycles. The summed E-state index contributed by atoms with van der Waals surface area (Å²) in [5.74, 6) is -2.56. The molecule has 15 nitrogen and oxygen atoms in total. The van der Waals surface area contributed by atoms with Gasteiger partial charge in [0.1, 0.15) is 46.6 Å². The fraction of sp³-hybridized carbons (Fsp3) is 0.600. The van der Waals surface area contributed by atoms with E-state index < -0.39 is 80.8 Å². The molecule has 0 spiro atoms. The van der Waals surface area contributed by atoms with Crippen molar-refractivity contribution in [3.05, 3.63) is 36.0 Å². The second-order valence-electron chi connectivity index (χ2n) is 14.7. The van der Waals surface area contributed by atoms with Crippen LogP contribution < -0.4 is 24.8 Å². The Morgan fingerprint density at radius 3 is 2.58 bits per heavy atom. The van der Waals surface area contributed by atoms with Gasteiger partial charge >= 0.3 is 6.09 Å². The van der Waals surface area contributed by atoms with Gasteiger partial charge in [-0.3, -0.25) is 19.1 Å². The van der Waals surface area contributed by atoms with Crippen LogP contribution >= 0.6 is 0 Å². The number of hydrogen-bond donors (Lipinski definition) is 4. The number of methoxy groups -OCH3 is 1. The smallest absolute Gasteiger partial charge is 0.405 e. The lowest BCUT2D eigenvalue weighted by Gasteiger charge is -2.32. The van der Waals surface area contributed by atoms with E-state index in [0.29, 0.717) is 41.7 Å². The number of nitrogens with zero attached hydrogens (tertiary/aromatic N) is 3. The normalized spacial score (nSPS) is 30.8. The van der Waals surface area contributed by atoms with Crippen molar-refractivity contribution >= 4 is 44.9 Å². The zero-order valence-electron chi connectivity index (χ0n) is 29.6. The minimum atomic E-state index is -4.39. The molecule has 2 aromatic rings. The lowest BCUT2D eigenvalue weighted by molar-refractivity contribution is -0.142. The van der Waals surface area contributed by atoms with E-state index in [1.807, 2.05) is 17.7 Å². The maximum atomic E-state index is 14.3. The Kier molecular flexibility index (Phi) is 10.1. The van der Waals surface area contributed by atoms with Crippen LogP contribution in [-0.4, -0.2) is 101 Å². The number of alkyl halides is 1. The van der Waals surface area contributed by atoms with Crippen molar-refractivity contribution in [2.24, 2.45) is 17.8 Å². The summed E-state index contributed by atoms with van der Waals surface area (Å²) in [5.41, 5.74) is -0.121. The first-order chi connectivity index (χ1) is 24.6. The van der Waals surface area contributed by atoms with Gasteiger partial charge in [0, 0.05) is 18.4 Å². The Hall–Kier alpha value is -4.54. The molecule has 2 saturated carbocycles. The Bertz CT molecular complexity index is 1910. The fourth-order valence-corrected chi connectivity index (χ4v) is 8.81. The van der Waals surface area contributed by atoms with Crippen LogP contribution in [0.2, 0.25) is 0 Å². The summed E-state index contributed by atoms with van der Waals surface area (Å²) >= 11 is 0. The van der Waals surface area contributed by atoms with Crippen LogP contribution in [0.1, 0.15) is 64.5 Å². The number of nitrogens with one attached hydrogen (secondary N) is 3. The van der Waals surface area contributed by atoms with Crippen molar-refractivity contribution in [3.8, 4) is 11.6 Å². The Labute approximate surface area is 301 Å². The monoisotopic (exact) mass is 744 g/mol. The molecule has 3 fully saturated rings. The summed E-state index contributed by atoms with van der Waals surface area (Å²) in [5, 5.41) is 14.9. The fourth-order valence-electron chi connectivity index (χ4n) is 7.39. The quantitative estimate of drug-likeness (QED) is 0.289. The van der Waals surface area contributed by atoms with Crippen LogP contribution in [0.15, 0.2) is 30.4 Å². The molecule has 4 aliphatic rings. The molecule has 7 atom stereocenters. The number of aromatic nitrogens is 2. The predicted octanol–water partition coefficient (Wildman–Crippen LogP) is 2.77. The highest BCUT2D eigenvalue weighted by Gasteiger charge is 2.64. The molecule has 17 heteroatoms. The number of carboxylic acid groups (broad SMARTS) is 1. The standard InChI is InChI=1S/C35H45FN6O9S/c1-19-7-5-6-8-22-16-35(22,32(45)41-52(48,49)34(18-36)11-12-34)40-29(43)27-15-24(17-42(27)31(44)28(20(2)13-19)39-33(46)47)51-30-21(3)37-25-10-9-23(50-4)14-26(25)38-30/h6,8-10,14,19-20,22,24,27-28,39H,5,7,11-13,15-18H2,1-4H3,(H,40,43)(H,41,45)(H,46,47)/b8-6-/t19-,20-,22-,24-,27+,28+,35-/m1/s1. The number of amides is 4. The SMILES string of the molecule is COc1ccc2nc(C)c(O[C@@H]3C[C@H]4C(=O)N[C@]5(C(=O)NS(=O)(=O)C6(CF)CC6)C[C@H]5/C=C\CC[C@@H](C)C[C@@H](C)[C@H](NC(=O)O)C(=O)N4C3)nc2c1. The largest absolute Gasteiger partial charge is 0.497 e. The van der Waals surface area contributed by atoms with E-state index in [4.69, 9.17) is 9.47 Å². The maximum absolute atomic E-state index is 14.3.